The lowest BCUT2D eigenvalue weighted by atomic mass is 10.0. The summed E-state index contributed by atoms with van der Waals surface area (Å²) in [7, 11) is 0. The van der Waals surface area contributed by atoms with Gasteiger partial charge in [-0.25, -0.2) is 4.39 Å². The zero-order valence-corrected chi connectivity index (χ0v) is 9.76. The van der Waals surface area contributed by atoms with Crippen LogP contribution in [0.1, 0.15) is 26.7 Å². The fraction of sp³-hybridized carbons (Fsp3) is 0.500. The van der Waals surface area contributed by atoms with Crippen LogP contribution in [-0.2, 0) is 0 Å². The van der Waals surface area contributed by atoms with Crippen LogP contribution in [0.3, 0.4) is 0 Å². The van der Waals surface area contributed by atoms with Crippen LogP contribution in [0.5, 0.6) is 0 Å². The Morgan fingerprint density at radius 1 is 1.50 bits per heavy atom. The van der Waals surface area contributed by atoms with Crippen LogP contribution < -0.4 is 11.1 Å². The van der Waals surface area contributed by atoms with Gasteiger partial charge in [-0.05, 0) is 31.5 Å². The first kappa shape index (κ1) is 12.8. The van der Waals surface area contributed by atoms with E-state index in [1.54, 1.807) is 19.1 Å². The fourth-order valence-electron chi connectivity index (χ4n) is 1.59. The number of aliphatic hydroxyl groups is 1. The maximum absolute atomic E-state index is 13.4. The van der Waals surface area contributed by atoms with E-state index in [9.17, 15) is 9.50 Å². The van der Waals surface area contributed by atoms with Crippen LogP contribution in [0.15, 0.2) is 18.2 Å². The Hall–Kier alpha value is -1.29. The summed E-state index contributed by atoms with van der Waals surface area (Å²) in [5.41, 5.74) is 5.38. The van der Waals surface area contributed by atoms with Crippen molar-refractivity contribution in [2.75, 3.05) is 17.6 Å². The van der Waals surface area contributed by atoms with Crippen LogP contribution in [0.2, 0.25) is 0 Å². The van der Waals surface area contributed by atoms with Gasteiger partial charge in [0.05, 0.1) is 11.3 Å². The number of benzene rings is 1. The summed E-state index contributed by atoms with van der Waals surface area (Å²) in [5, 5.41) is 12.8. The Balaban J connectivity index is 2.61. The molecule has 0 aromatic heterocycles. The Bertz CT molecular complexity index is 353. The third-order valence-corrected chi connectivity index (χ3v) is 2.44. The van der Waals surface area contributed by atoms with E-state index < -0.39 is 11.4 Å². The topological polar surface area (TPSA) is 58.3 Å². The lowest BCUT2D eigenvalue weighted by molar-refractivity contribution is 0.0636. The van der Waals surface area contributed by atoms with Gasteiger partial charge in [-0.1, -0.05) is 13.3 Å². The summed E-state index contributed by atoms with van der Waals surface area (Å²) in [5.74, 6) is -0.396. The average molecular weight is 226 g/mol. The molecule has 0 saturated carbocycles. The molecule has 4 N–H and O–H groups in total. The number of nitrogens with one attached hydrogen (secondary N) is 1. The summed E-state index contributed by atoms with van der Waals surface area (Å²) in [6.07, 6.45) is 1.56. The number of nitrogen functional groups attached to an aromatic ring is 1. The van der Waals surface area contributed by atoms with Crippen LogP contribution in [-0.4, -0.2) is 17.3 Å². The molecule has 0 spiro atoms. The molecule has 0 bridgehead atoms. The molecule has 0 aliphatic carbocycles. The molecule has 1 aromatic carbocycles. The van der Waals surface area contributed by atoms with Gasteiger partial charge in [0.25, 0.3) is 0 Å². The molecule has 0 fully saturated rings. The molecule has 0 aliphatic heterocycles. The number of hydrogen-bond acceptors (Lipinski definition) is 3. The second-order valence-corrected chi connectivity index (χ2v) is 4.34. The molecule has 1 rings (SSSR count). The lowest BCUT2D eigenvalue weighted by Gasteiger charge is -2.23. The van der Waals surface area contributed by atoms with E-state index in [4.69, 9.17) is 5.73 Å². The third-order valence-electron chi connectivity index (χ3n) is 2.44. The van der Waals surface area contributed by atoms with E-state index in [0.717, 1.165) is 6.42 Å². The van der Waals surface area contributed by atoms with Crippen molar-refractivity contribution >= 4 is 11.4 Å². The highest BCUT2D eigenvalue weighted by Gasteiger charge is 2.19. The molecule has 4 heteroatoms. The van der Waals surface area contributed by atoms with Crippen LogP contribution in [0.25, 0.3) is 0 Å². The second kappa shape index (κ2) is 5.16. The maximum Gasteiger partial charge on any atom is 0.148 e. The Morgan fingerprint density at radius 2 is 2.19 bits per heavy atom. The van der Waals surface area contributed by atoms with Gasteiger partial charge in [0.15, 0.2) is 0 Å². The molecule has 1 atom stereocenters. The van der Waals surface area contributed by atoms with Crippen molar-refractivity contribution in [2.24, 2.45) is 0 Å². The summed E-state index contributed by atoms with van der Waals surface area (Å²) >= 11 is 0. The van der Waals surface area contributed by atoms with Gasteiger partial charge in [0, 0.05) is 12.2 Å². The van der Waals surface area contributed by atoms with Crippen LogP contribution in [0.4, 0.5) is 15.8 Å². The average Bonchev–Trinajstić information content (AvgIpc) is 2.16. The number of anilines is 2. The van der Waals surface area contributed by atoms with Crippen molar-refractivity contribution in [1.29, 1.82) is 0 Å². The van der Waals surface area contributed by atoms with E-state index in [-0.39, 0.29) is 0 Å². The highest BCUT2D eigenvalue weighted by Crippen LogP contribution is 2.19. The van der Waals surface area contributed by atoms with Crippen molar-refractivity contribution in [1.82, 2.24) is 0 Å². The molecule has 1 aromatic rings. The van der Waals surface area contributed by atoms with Crippen molar-refractivity contribution in [3.8, 4) is 0 Å². The summed E-state index contributed by atoms with van der Waals surface area (Å²) in [6, 6.07) is 4.46. The van der Waals surface area contributed by atoms with E-state index in [1.165, 1.54) is 6.07 Å². The first-order valence-corrected chi connectivity index (χ1v) is 5.46. The van der Waals surface area contributed by atoms with E-state index in [1.807, 2.05) is 6.92 Å². The molecule has 0 amide bonds. The number of hydrogen-bond donors (Lipinski definition) is 3. The molecule has 0 saturated heterocycles. The van der Waals surface area contributed by atoms with Crippen molar-refractivity contribution in [2.45, 2.75) is 32.3 Å². The quantitative estimate of drug-likeness (QED) is 0.675. The Labute approximate surface area is 95.5 Å². The number of nitrogens with two attached hydrogens (primary N) is 1. The largest absolute Gasteiger partial charge is 0.399 e. The normalized spacial score (nSPS) is 14.5. The molecule has 0 aliphatic rings. The number of rotatable bonds is 5. The standard InChI is InChI=1S/C12H19FN2O/c1-3-6-12(2,16)8-15-11-5-4-9(14)7-10(11)13/h4-5,7,15-16H,3,6,8,14H2,1-2H3. The summed E-state index contributed by atoms with van der Waals surface area (Å²) in [4.78, 5) is 0. The van der Waals surface area contributed by atoms with Gasteiger partial charge in [-0.3, -0.25) is 0 Å². The highest BCUT2D eigenvalue weighted by atomic mass is 19.1. The minimum Gasteiger partial charge on any atom is -0.399 e. The second-order valence-electron chi connectivity index (χ2n) is 4.34. The predicted molar refractivity (Wildman–Crippen MR) is 64.8 cm³/mol. The predicted octanol–water partition coefficient (Wildman–Crippen LogP) is 2.37. The van der Waals surface area contributed by atoms with Crippen LogP contribution >= 0.6 is 0 Å². The fourth-order valence-corrected chi connectivity index (χ4v) is 1.59. The summed E-state index contributed by atoms with van der Waals surface area (Å²) in [6.45, 7) is 4.05. The SMILES string of the molecule is CCCC(C)(O)CNc1ccc(N)cc1F. The van der Waals surface area contributed by atoms with E-state index in [0.29, 0.717) is 24.3 Å². The van der Waals surface area contributed by atoms with E-state index >= 15 is 0 Å². The maximum atomic E-state index is 13.4. The molecule has 90 valence electrons. The minimum absolute atomic E-state index is 0.321. The van der Waals surface area contributed by atoms with Crippen molar-refractivity contribution < 1.29 is 9.50 Å². The third kappa shape index (κ3) is 3.70. The minimum atomic E-state index is -0.817. The zero-order valence-electron chi connectivity index (χ0n) is 9.76. The van der Waals surface area contributed by atoms with Crippen molar-refractivity contribution in [3.05, 3.63) is 24.0 Å². The van der Waals surface area contributed by atoms with Gasteiger partial charge in [-0.2, -0.15) is 0 Å². The first-order chi connectivity index (χ1) is 7.44. The van der Waals surface area contributed by atoms with Gasteiger partial charge in [0.1, 0.15) is 5.82 Å². The zero-order chi connectivity index (χ0) is 12.2. The Kier molecular flexibility index (Phi) is 4.12. The molecule has 1 unspecified atom stereocenters. The van der Waals surface area contributed by atoms with Gasteiger partial charge < -0.3 is 16.2 Å². The Morgan fingerprint density at radius 3 is 2.75 bits per heavy atom. The van der Waals surface area contributed by atoms with Gasteiger partial charge in [-0.15, -0.1) is 0 Å². The molecular weight excluding hydrogens is 207 g/mol. The number of halogens is 1. The van der Waals surface area contributed by atoms with Gasteiger partial charge >= 0.3 is 0 Å². The molecule has 0 heterocycles. The van der Waals surface area contributed by atoms with Gasteiger partial charge in [0.2, 0.25) is 0 Å². The lowest BCUT2D eigenvalue weighted by Crippen LogP contribution is -2.33. The van der Waals surface area contributed by atoms with Crippen LogP contribution in [0, 0.1) is 5.82 Å². The highest BCUT2D eigenvalue weighted by molar-refractivity contribution is 5.52. The first-order valence-electron chi connectivity index (χ1n) is 5.46. The molecule has 16 heavy (non-hydrogen) atoms. The monoisotopic (exact) mass is 226 g/mol. The van der Waals surface area contributed by atoms with Crippen molar-refractivity contribution in [3.63, 3.8) is 0 Å². The molecule has 3 nitrogen and oxygen atoms in total. The summed E-state index contributed by atoms with van der Waals surface area (Å²) < 4.78 is 13.4. The molecular formula is C12H19FN2O. The smallest absolute Gasteiger partial charge is 0.148 e. The van der Waals surface area contributed by atoms with E-state index in [2.05, 4.69) is 5.32 Å². The molecule has 0 radical (unpaired) electrons.